The van der Waals surface area contributed by atoms with Crippen molar-refractivity contribution < 1.29 is 9.72 Å². The number of carbonyl (C=O) groups is 1. The number of halogens is 1. The summed E-state index contributed by atoms with van der Waals surface area (Å²) in [6.07, 6.45) is 2.10. The van der Waals surface area contributed by atoms with Gasteiger partial charge in [-0.1, -0.05) is 11.6 Å². The highest BCUT2D eigenvalue weighted by atomic mass is 35.5. The molecule has 0 bridgehead atoms. The fourth-order valence-corrected chi connectivity index (χ4v) is 3.81. The van der Waals surface area contributed by atoms with E-state index in [0.29, 0.717) is 4.88 Å². The number of benzene rings is 1. The highest BCUT2D eigenvalue weighted by Crippen LogP contribution is 2.31. The van der Waals surface area contributed by atoms with Crippen LogP contribution in [0.3, 0.4) is 0 Å². The first-order valence-electron chi connectivity index (χ1n) is 7.17. The monoisotopic (exact) mass is 351 g/mol. The lowest BCUT2D eigenvalue weighted by atomic mass is 10.0. The Bertz CT molecular complexity index is 784. The van der Waals surface area contributed by atoms with E-state index in [0.717, 1.165) is 42.2 Å². The highest BCUT2D eigenvalue weighted by molar-refractivity contribution is 7.08. The lowest BCUT2D eigenvalue weighted by molar-refractivity contribution is -0.384. The van der Waals surface area contributed by atoms with Gasteiger partial charge in [-0.3, -0.25) is 14.9 Å². The van der Waals surface area contributed by atoms with Gasteiger partial charge in [-0.15, -0.1) is 0 Å². The lowest BCUT2D eigenvalue weighted by Gasteiger charge is -2.08. The number of rotatable bonds is 4. The van der Waals surface area contributed by atoms with Crippen LogP contribution in [-0.2, 0) is 0 Å². The molecule has 0 spiro atoms. The minimum Gasteiger partial charge on any atom is -0.309 e. The van der Waals surface area contributed by atoms with Crippen molar-refractivity contribution in [1.82, 2.24) is 9.69 Å². The highest BCUT2D eigenvalue weighted by Gasteiger charge is 2.26. The normalized spacial score (nSPS) is 17.4. The van der Waals surface area contributed by atoms with Crippen LogP contribution in [0.5, 0.6) is 0 Å². The van der Waals surface area contributed by atoms with Crippen molar-refractivity contribution in [3.63, 3.8) is 0 Å². The second-order valence-corrected chi connectivity index (χ2v) is 6.60. The molecule has 1 unspecified atom stereocenters. The van der Waals surface area contributed by atoms with Crippen LogP contribution in [0.2, 0.25) is 5.02 Å². The molecule has 6 nitrogen and oxygen atoms in total. The Balaban J connectivity index is 1.95. The molecule has 2 heterocycles. The molecule has 120 valence electrons. The zero-order chi connectivity index (χ0) is 16.6. The summed E-state index contributed by atoms with van der Waals surface area (Å²) >= 11 is 6.93. The van der Waals surface area contributed by atoms with Crippen molar-refractivity contribution in [2.24, 2.45) is 0 Å². The lowest BCUT2D eigenvalue weighted by Crippen LogP contribution is -2.14. The molecule has 0 amide bonds. The van der Waals surface area contributed by atoms with Crippen molar-refractivity contribution in [1.29, 1.82) is 0 Å². The van der Waals surface area contributed by atoms with Gasteiger partial charge in [-0.25, -0.2) is 0 Å². The Morgan fingerprint density at radius 1 is 1.52 bits per heavy atom. The predicted octanol–water partition coefficient (Wildman–Crippen LogP) is 3.67. The third kappa shape index (κ3) is 2.99. The predicted molar refractivity (Wildman–Crippen MR) is 88.4 cm³/mol. The second kappa shape index (κ2) is 6.35. The van der Waals surface area contributed by atoms with Crippen LogP contribution in [-0.4, -0.2) is 21.6 Å². The van der Waals surface area contributed by atoms with Crippen LogP contribution in [0, 0.1) is 17.0 Å². The van der Waals surface area contributed by atoms with Crippen molar-refractivity contribution >= 4 is 34.6 Å². The molecule has 3 rings (SSSR count). The van der Waals surface area contributed by atoms with E-state index in [1.807, 2.05) is 6.92 Å². The summed E-state index contributed by atoms with van der Waals surface area (Å²) in [6, 6.07) is 4.29. The number of nitro benzene ring substituents is 1. The van der Waals surface area contributed by atoms with Crippen LogP contribution in [0.25, 0.3) is 0 Å². The van der Waals surface area contributed by atoms with Gasteiger partial charge in [0.25, 0.3) is 5.69 Å². The van der Waals surface area contributed by atoms with Gasteiger partial charge in [0, 0.05) is 11.6 Å². The zero-order valence-corrected chi connectivity index (χ0v) is 13.9. The molecule has 1 N–H and O–H groups in total. The third-order valence-electron chi connectivity index (χ3n) is 3.96. The minimum atomic E-state index is -0.591. The maximum atomic E-state index is 12.7. The Morgan fingerprint density at radius 3 is 2.96 bits per heavy atom. The molecule has 1 atom stereocenters. The van der Waals surface area contributed by atoms with Gasteiger partial charge in [-0.05, 0) is 55.5 Å². The molecule has 2 aromatic rings. The van der Waals surface area contributed by atoms with Crippen LogP contribution in [0.1, 0.15) is 45.4 Å². The Morgan fingerprint density at radius 2 is 2.30 bits per heavy atom. The fourth-order valence-electron chi connectivity index (χ4n) is 2.73. The molecule has 8 heteroatoms. The maximum absolute atomic E-state index is 12.7. The number of nitrogens with zero attached hydrogens (tertiary/aromatic N) is 2. The van der Waals surface area contributed by atoms with E-state index >= 15 is 0 Å². The average molecular weight is 352 g/mol. The number of hydrogen-bond donors (Lipinski definition) is 1. The van der Waals surface area contributed by atoms with E-state index in [1.165, 1.54) is 18.2 Å². The van der Waals surface area contributed by atoms with Crippen molar-refractivity contribution in [3.05, 3.63) is 55.0 Å². The summed E-state index contributed by atoms with van der Waals surface area (Å²) in [5.74, 6) is -0.260. The summed E-state index contributed by atoms with van der Waals surface area (Å²) in [7, 11) is 0. The topological polar surface area (TPSA) is 85.1 Å². The van der Waals surface area contributed by atoms with Gasteiger partial charge in [0.05, 0.1) is 21.5 Å². The van der Waals surface area contributed by atoms with Gasteiger partial charge in [0.2, 0.25) is 5.78 Å². The molecule has 0 saturated carbocycles. The van der Waals surface area contributed by atoms with E-state index in [4.69, 9.17) is 11.6 Å². The summed E-state index contributed by atoms with van der Waals surface area (Å²) in [4.78, 5) is 23.6. The molecule has 1 aromatic heterocycles. The second-order valence-electron chi connectivity index (χ2n) is 5.42. The molecule has 23 heavy (non-hydrogen) atoms. The van der Waals surface area contributed by atoms with Crippen LogP contribution >= 0.6 is 23.1 Å². The van der Waals surface area contributed by atoms with Gasteiger partial charge >= 0.3 is 0 Å². The summed E-state index contributed by atoms with van der Waals surface area (Å²) in [6.45, 7) is 2.82. The van der Waals surface area contributed by atoms with Gasteiger partial charge in [-0.2, -0.15) is 4.37 Å². The molecular weight excluding hydrogens is 338 g/mol. The van der Waals surface area contributed by atoms with Gasteiger partial charge < -0.3 is 5.32 Å². The van der Waals surface area contributed by atoms with E-state index in [-0.39, 0.29) is 28.1 Å². The third-order valence-corrected chi connectivity index (χ3v) is 5.24. The summed E-state index contributed by atoms with van der Waals surface area (Å²) in [5.41, 5.74) is 1.73. The number of aromatic nitrogens is 1. The quantitative estimate of drug-likeness (QED) is 0.516. The minimum absolute atomic E-state index is 0.0171. The van der Waals surface area contributed by atoms with E-state index in [2.05, 4.69) is 9.69 Å². The maximum Gasteiger partial charge on any atom is 0.288 e. The SMILES string of the molecule is Cc1c(C2CCCN2)nsc1C(=O)c1ccc(Cl)c([N+](=O)[O-])c1. The average Bonchev–Trinajstić information content (AvgIpc) is 3.16. The first-order chi connectivity index (χ1) is 11.0. The standard InChI is InChI=1S/C15H14ClN3O3S/c1-8-13(11-3-2-6-17-11)18-23-15(8)14(20)9-4-5-10(16)12(7-9)19(21)22/h4-5,7,11,17H,2-3,6H2,1H3. The molecule has 1 aliphatic rings. The van der Waals surface area contributed by atoms with Crippen LogP contribution < -0.4 is 5.32 Å². The molecule has 1 aliphatic heterocycles. The smallest absolute Gasteiger partial charge is 0.288 e. The molecule has 1 saturated heterocycles. The number of carbonyl (C=O) groups excluding carboxylic acids is 1. The van der Waals surface area contributed by atoms with E-state index < -0.39 is 4.92 Å². The van der Waals surface area contributed by atoms with Crippen molar-refractivity contribution in [3.8, 4) is 0 Å². The first-order valence-corrected chi connectivity index (χ1v) is 8.32. The van der Waals surface area contributed by atoms with Gasteiger partial charge in [0.1, 0.15) is 5.02 Å². The summed E-state index contributed by atoms with van der Waals surface area (Å²) < 4.78 is 4.42. The van der Waals surface area contributed by atoms with Crippen LogP contribution in [0.15, 0.2) is 18.2 Å². The number of nitro groups is 1. The molecule has 1 fully saturated rings. The largest absolute Gasteiger partial charge is 0.309 e. The Hall–Kier alpha value is -1.83. The summed E-state index contributed by atoms with van der Waals surface area (Å²) in [5, 5.41) is 14.4. The van der Waals surface area contributed by atoms with E-state index in [1.54, 1.807) is 0 Å². The number of hydrogen-bond acceptors (Lipinski definition) is 6. The van der Waals surface area contributed by atoms with Gasteiger partial charge in [0.15, 0.2) is 0 Å². The Kier molecular flexibility index (Phi) is 4.43. The number of nitrogens with one attached hydrogen (secondary N) is 1. The fraction of sp³-hybridized carbons (Fsp3) is 0.333. The van der Waals surface area contributed by atoms with Crippen molar-refractivity contribution in [2.45, 2.75) is 25.8 Å². The number of ketones is 1. The Labute approximate surface area is 141 Å². The molecule has 1 aromatic carbocycles. The first kappa shape index (κ1) is 16.0. The molecular formula is C15H14ClN3O3S. The molecule has 0 aliphatic carbocycles. The molecule has 0 radical (unpaired) electrons. The van der Waals surface area contributed by atoms with Crippen molar-refractivity contribution in [2.75, 3.05) is 6.54 Å². The van der Waals surface area contributed by atoms with E-state index in [9.17, 15) is 14.9 Å². The van der Waals surface area contributed by atoms with Crippen LogP contribution in [0.4, 0.5) is 5.69 Å². The zero-order valence-electron chi connectivity index (χ0n) is 12.3.